The number of hydrogen-bond donors (Lipinski definition) is 1. The highest BCUT2D eigenvalue weighted by atomic mass is 16.5. The van der Waals surface area contributed by atoms with E-state index in [1.807, 2.05) is 25.1 Å². The number of esters is 1. The third-order valence-corrected chi connectivity index (χ3v) is 4.52. The number of benzene rings is 2. The summed E-state index contributed by atoms with van der Waals surface area (Å²) in [6, 6.07) is 13.5. The number of hydrogen-bond acceptors (Lipinski definition) is 4. The van der Waals surface area contributed by atoms with Crippen LogP contribution in [0.15, 0.2) is 65.4 Å². The number of carbonyl (C=O) groups excluding carboxylic acids is 2. The lowest BCUT2D eigenvalue weighted by molar-refractivity contribution is -0.136. The number of allylic oxidation sites excluding steroid dienone is 1. The summed E-state index contributed by atoms with van der Waals surface area (Å²) in [6.07, 6.45) is 1.57. The zero-order chi connectivity index (χ0) is 20.4. The Morgan fingerprint density at radius 2 is 1.75 bits per heavy atom. The fraction of sp³-hybridized carbons (Fsp3) is 0.136. The maximum absolute atomic E-state index is 13.2. The molecule has 142 valence electrons. The Bertz CT molecular complexity index is 1030. The quantitative estimate of drug-likeness (QED) is 0.650. The third-order valence-electron chi connectivity index (χ3n) is 4.52. The highest BCUT2D eigenvalue weighted by Gasteiger charge is 2.37. The number of ether oxygens (including phenoxy) is 1. The van der Waals surface area contributed by atoms with Gasteiger partial charge in [0.2, 0.25) is 0 Å². The monoisotopic (exact) mass is 377 g/mol. The fourth-order valence-corrected chi connectivity index (χ4v) is 3.15. The van der Waals surface area contributed by atoms with Crippen LogP contribution < -0.4 is 4.90 Å². The number of carboxylic acid groups (broad SMARTS) is 1. The van der Waals surface area contributed by atoms with Crippen LogP contribution in [0.1, 0.15) is 28.4 Å². The first-order valence-electron chi connectivity index (χ1n) is 8.59. The van der Waals surface area contributed by atoms with Crippen molar-refractivity contribution in [1.82, 2.24) is 0 Å². The maximum atomic E-state index is 13.2. The Morgan fingerprint density at radius 3 is 2.32 bits per heavy atom. The second-order valence-corrected chi connectivity index (χ2v) is 6.42. The first kappa shape index (κ1) is 19.1. The molecule has 0 atom stereocenters. The molecule has 0 aromatic heterocycles. The molecular formula is C22H19NO5. The second-order valence-electron chi connectivity index (χ2n) is 6.42. The van der Waals surface area contributed by atoms with Crippen LogP contribution in [0, 0.1) is 6.92 Å². The zero-order valence-corrected chi connectivity index (χ0v) is 15.7. The van der Waals surface area contributed by atoms with E-state index in [0.29, 0.717) is 16.9 Å². The zero-order valence-electron chi connectivity index (χ0n) is 15.7. The number of rotatable bonds is 4. The van der Waals surface area contributed by atoms with E-state index >= 15 is 0 Å². The molecule has 1 N–H and O–H groups in total. The average molecular weight is 377 g/mol. The van der Waals surface area contributed by atoms with Crippen LogP contribution in [0.2, 0.25) is 0 Å². The Labute approximate surface area is 162 Å². The largest absolute Gasteiger partial charge is 0.478 e. The number of methoxy groups -OCH3 is 1. The third kappa shape index (κ3) is 3.44. The summed E-state index contributed by atoms with van der Waals surface area (Å²) in [4.78, 5) is 38.0. The van der Waals surface area contributed by atoms with Gasteiger partial charge in [0.05, 0.1) is 23.8 Å². The summed E-state index contributed by atoms with van der Waals surface area (Å²) in [6.45, 7) is 3.62. The van der Waals surface area contributed by atoms with Gasteiger partial charge < -0.3 is 9.84 Å². The second kappa shape index (κ2) is 7.52. The summed E-state index contributed by atoms with van der Waals surface area (Å²) in [5.41, 5.74) is 3.27. The van der Waals surface area contributed by atoms with Crippen molar-refractivity contribution >= 4 is 29.6 Å². The summed E-state index contributed by atoms with van der Waals surface area (Å²) < 4.78 is 4.89. The van der Waals surface area contributed by atoms with Crippen molar-refractivity contribution in [3.63, 3.8) is 0 Å². The van der Waals surface area contributed by atoms with Crippen LogP contribution in [0.3, 0.4) is 0 Å². The van der Waals surface area contributed by atoms with Crippen molar-refractivity contribution in [2.24, 2.45) is 0 Å². The van der Waals surface area contributed by atoms with Gasteiger partial charge in [-0.15, -0.1) is 0 Å². The molecule has 0 unspecified atom stereocenters. The molecule has 0 bridgehead atoms. The van der Waals surface area contributed by atoms with Gasteiger partial charge in [0, 0.05) is 11.4 Å². The lowest BCUT2D eigenvalue weighted by atomic mass is 10.0. The highest BCUT2D eigenvalue weighted by molar-refractivity contribution is 6.23. The molecule has 1 aliphatic heterocycles. The summed E-state index contributed by atoms with van der Waals surface area (Å²) in [7, 11) is 1.27. The average Bonchev–Trinajstić information content (AvgIpc) is 2.91. The molecular weight excluding hydrogens is 358 g/mol. The number of amides is 1. The molecule has 0 aliphatic carbocycles. The van der Waals surface area contributed by atoms with Gasteiger partial charge in [0.15, 0.2) is 0 Å². The van der Waals surface area contributed by atoms with Crippen LogP contribution in [0.25, 0.3) is 6.08 Å². The molecule has 0 spiro atoms. The summed E-state index contributed by atoms with van der Waals surface area (Å²) in [5, 5.41) is 9.02. The van der Waals surface area contributed by atoms with E-state index in [-0.39, 0.29) is 22.6 Å². The van der Waals surface area contributed by atoms with E-state index < -0.39 is 11.9 Å². The molecule has 1 amide bonds. The van der Waals surface area contributed by atoms with Gasteiger partial charge in [-0.3, -0.25) is 9.69 Å². The molecule has 2 aromatic rings. The number of carboxylic acids is 1. The highest BCUT2D eigenvalue weighted by Crippen LogP contribution is 2.35. The minimum atomic E-state index is -1.03. The smallest absolute Gasteiger partial charge is 0.340 e. The minimum Gasteiger partial charge on any atom is -0.478 e. The Balaban J connectivity index is 2.10. The fourth-order valence-electron chi connectivity index (χ4n) is 3.15. The summed E-state index contributed by atoms with van der Waals surface area (Å²) in [5.74, 6) is -1.98. The minimum absolute atomic E-state index is 0.140. The first-order valence-corrected chi connectivity index (χ1v) is 8.59. The van der Waals surface area contributed by atoms with Crippen LogP contribution in [0.5, 0.6) is 0 Å². The van der Waals surface area contributed by atoms with Crippen molar-refractivity contribution in [3.05, 3.63) is 82.1 Å². The molecule has 2 aromatic carbocycles. The van der Waals surface area contributed by atoms with Crippen LogP contribution in [-0.4, -0.2) is 30.1 Å². The van der Waals surface area contributed by atoms with Gasteiger partial charge in [-0.1, -0.05) is 24.3 Å². The molecule has 1 aliphatic rings. The van der Waals surface area contributed by atoms with Crippen molar-refractivity contribution in [2.45, 2.75) is 13.8 Å². The van der Waals surface area contributed by atoms with Gasteiger partial charge in [-0.25, -0.2) is 9.59 Å². The normalized spacial score (nSPS) is 15.3. The predicted molar refractivity (Wildman–Crippen MR) is 105 cm³/mol. The van der Waals surface area contributed by atoms with Gasteiger partial charge in [0.1, 0.15) is 0 Å². The number of aryl methyl sites for hydroxylation is 1. The maximum Gasteiger partial charge on any atom is 0.340 e. The van der Waals surface area contributed by atoms with Crippen LogP contribution in [-0.2, 0) is 14.3 Å². The van der Waals surface area contributed by atoms with E-state index in [1.54, 1.807) is 31.2 Å². The van der Waals surface area contributed by atoms with Crippen LogP contribution >= 0.6 is 0 Å². The Kier molecular flexibility index (Phi) is 5.13. The van der Waals surface area contributed by atoms with E-state index in [2.05, 4.69) is 0 Å². The molecule has 3 rings (SSSR count). The SMILES string of the molecule is COC(=O)C1=C(C)N(c2cccc(C)c2)C(=O)/C1=C\c1ccc(C(=O)O)cc1. The van der Waals surface area contributed by atoms with E-state index in [4.69, 9.17) is 9.84 Å². The number of aromatic carboxylic acids is 1. The molecule has 0 fully saturated rings. The molecule has 0 saturated carbocycles. The van der Waals surface area contributed by atoms with Gasteiger partial charge >= 0.3 is 11.9 Å². The molecule has 0 saturated heterocycles. The van der Waals surface area contributed by atoms with Crippen LogP contribution in [0.4, 0.5) is 5.69 Å². The summed E-state index contributed by atoms with van der Waals surface area (Å²) >= 11 is 0. The molecule has 28 heavy (non-hydrogen) atoms. The van der Waals surface area contributed by atoms with E-state index in [9.17, 15) is 14.4 Å². The van der Waals surface area contributed by atoms with Crippen molar-refractivity contribution in [1.29, 1.82) is 0 Å². The van der Waals surface area contributed by atoms with Crippen molar-refractivity contribution < 1.29 is 24.2 Å². The molecule has 0 radical (unpaired) electrons. The molecule has 6 heteroatoms. The first-order chi connectivity index (χ1) is 13.3. The topological polar surface area (TPSA) is 83.9 Å². The van der Waals surface area contributed by atoms with Crippen molar-refractivity contribution in [3.8, 4) is 0 Å². The van der Waals surface area contributed by atoms with Gasteiger partial charge in [0.25, 0.3) is 5.91 Å². The standard InChI is InChI=1S/C22H19NO5/c1-13-5-4-6-17(11-13)23-14(2)19(22(27)28-3)18(20(23)24)12-15-7-9-16(10-8-15)21(25)26/h4-12H,1-3H3,(H,25,26)/b18-12-. The molecule has 6 nitrogen and oxygen atoms in total. The number of anilines is 1. The van der Waals surface area contributed by atoms with E-state index in [0.717, 1.165) is 5.56 Å². The van der Waals surface area contributed by atoms with Gasteiger partial charge in [-0.05, 0) is 55.3 Å². The number of carbonyl (C=O) groups is 3. The van der Waals surface area contributed by atoms with E-state index in [1.165, 1.54) is 24.1 Å². The molecule has 1 heterocycles. The van der Waals surface area contributed by atoms with Crippen molar-refractivity contribution in [2.75, 3.05) is 12.0 Å². The number of nitrogens with zero attached hydrogens (tertiary/aromatic N) is 1. The predicted octanol–water partition coefficient (Wildman–Crippen LogP) is 3.57. The lowest BCUT2D eigenvalue weighted by Crippen LogP contribution is -2.24. The van der Waals surface area contributed by atoms with Gasteiger partial charge in [-0.2, -0.15) is 0 Å². The Hall–Kier alpha value is -3.67. The lowest BCUT2D eigenvalue weighted by Gasteiger charge is -2.18. The Morgan fingerprint density at radius 1 is 1.07 bits per heavy atom.